The number of rotatable bonds is 5. The Bertz CT molecular complexity index is 692. The van der Waals surface area contributed by atoms with Crippen LogP contribution in [0.25, 0.3) is 0 Å². The zero-order valence-electron chi connectivity index (χ0n) is 17.4. The van der Waals surface area contributed by atoms with E-state index in [2.05, 4.69) is 45.2 Å². The lowest BCUT2D eigenvalue weighted by Crippen LogP contribution is -2.47. The minimum absolute atomic E-state index is 0.294. The molecule has 0 aromatic heterocycles. The summed E-state index contributed by atoms with van der Waals surface area (Å²) in [5.41, 5.74) is 9.55. The zero-order valence-corrected chi connectivity index (χ0v) is 17.4. The summed E-state index contributed by atoms with van der Waals surface area (Å²) in [4.78, 5) is 5.27. The van der Waals surface area contributed by atoms with Gasteiger partial charge in [0.1, 0.15) is 5.75 Å². The molecular formula is C22H35N5O. The van der Waals surface area contributed by atoms with Crippen LogP contribution in [0.4, 0.5) is 11.4 Å². The number of nitrogens with zero attached hydrogens (tertiary/aromatic N) is 4. The van der Waals surface area contributed by atoms with Crippen LogP contribution in [-0.2, 0) is 0 Å². The molecule has 6 nitrogen and oxygen atoms in total. The van der Waals surface area contributed by atoms with Crippen molar-refractivity contribution in [3.63, 3.8) is 0 Å². The fourth-order valence-corrected chi connectivity index (χ4v) is 4.99. The normalized spacial score (nSPS) is 24.1. The molecule has 28 heavy (non-hydrogen) atoms. The molecule has 2 N–H and O–H groups in total. The van der Waals surface area contributed by atoms with E-state index < -0.39 is 0 Å². The van der Waals surface area contributed by atoms with Crippen LogP contribution >= 0.6 is 0 Å². The molecule has 2 saturated heterocycles. The molecule has 3 aliphatic rings. The van der Waals surface area contributed by atoms with Gasteiger partial charge in [-0.25, -0.2) is 0 Å². The number of hydrazone groups is 1. The summed E-state index contributed by atoms with van der Waals surface area (Å²) in [7, 11) is 1.70. The summed E-state index contributed by atoms with van der Waals surface area (Å²) in [5, 5.41) is 6.68. The first-order valence-corrected chi connectivity index (χ1v) is 10.9. The Morgan fingerprint density at radius 3 is 2.50 bits per heavy atom. The SMILES string of the molecule is CCN1CC(c2cc(N)c(OC)cc2N2CCC(N3CCCCC3)CC2)C=N1. The van der Waals surface area contributed by atoms with E-state index in [0.717, 1.165) is 38.0 Å². The summed E-state index contributed by atoms with van der Waals surface area (Å²) >= 11 is 0. The van der Waals surface area contributed by atoms with Crippen molar-refractivity contribution in [3.05, 3.63) is 17.7 Å². The predicted molar refractivity (Wildman–Crippen MR) is 117 cm³/mol. The smallest absolute Gasteiger partial charge is 0.143 e. The number of methoxy groups -OCH3 is 1. The summed E-state index contributed by atoms with van der Waals surface area (Å²) in [6.45, 7) is 8.79. The van der Waals surface area contributed by atoms with Gasteiger partial charge < -0.3 is 20.3 Å². The summed E-state index contributed by atoms with van der Waals surface area (Å²) < 4.78 is 5.55. The Morgan fingerprint density at radius 2 is 1.86 bits per heavy atom. The second-order valence-corrected chi connectivity index (χ2v) is 8.34. The van der Waals surface area contributed by atoms with Crippen LogP contribution in [0, 0.1) is 0 Å². The Balaban J connectivity index is 1.52. The molecule has 154 valence electrons. The van der Waals surface area contributed by atoms with E-state index in [1.807, 2.05) is 0 Å². The third-order valence-corrected chi connectivity index (χ3v) is 6.67. The highest BCUT2D eigenvalue weighted by Gasteiger charge is 2.29. The van der Waals surface area contributed by atoms with Gasteiger partial charge in [0, 0.05) is 56.1 Å². The van der Waals surface area contributed by atoms with Crippen molar-refractivity contribution < 1.29 is 4.74 Å². The standard InChI is InChI=1S/C22H35N5O/c1-3-27-16-17(15-24-27)19-13-20(23)22(28-2)14-21(19)26-11-7-18(8-12-26)25-9-5-4-6-10-25/h13-15,17-18H,3-12,16,23H2,1-2H3. The highest BCUT2D eigenvalue weighted by atomic mass is 16.5. The van der Waals surface area contributed by atoms with Crippen molar-refractivity contribution in [1.82, 2.24) is 9.91 Å². The molecule has 1 unspecified atom stereocenters. The van der Waals surface area contributed by atoms with Gasteiger partial charge in [0.15, 0.2) is 0 Å². The topological polar surface area (TPSA) is 57.3 Å². The Hall–Kier alpha value is -1.95. The molecule has 1 aromatic rings. The predicted octanol–water partition coefficient (Wildman–Crippen LogP) is 3.14. The molecule has 0 saturated carbocycles. The fourth-order valence-electron chi connectivity index (χ4n) is 4.99. The van der Waals surface area contributed by atoms with Crippen molar-refractivity contribution in [3.8, 4) is 5.75 Å². The molecule has 0 aliphatic carbocycles. The first-order chi connectivity index (χ1) is 13.7. The van der Waals surface area contributed by atoms with Crippen molar-refractivity contribution in [2.24, 2.45) is 5.10 Å². The van der Waals surface area contributed by atoms with Crippen molar-refractivity contribution in [2.75, 3.05) is 57.0 Å². The lowest BCUT2D eigenvalue weighted by atomic mass is 9.94. The molecule has 3 heterocycles. The highest BCUT2D eigenvalue weighted by Crippen LogP contribution is 2.38. The van der Waals surface area contributed by atoms with Crippen LogP contribution in [-0.4, -0.2) is 68.5 Å². The molecule has 1 atom stereocenters. The summed E-state index contributed by atoms with van der Waals surface area (Å²) in [5.74, 6) is 1.07. The third kappa shape index (κ3) is 3.93. The Labute approximate surface area is 169 Å². The molecule has 4 rings (SSSR count). The van der Waals surface area contributed by atoms with E-state index in [1.54, 1.807) is 7.11 Å². The van der Waals surface area contributed by atoms with Gasteiger partial charge in [-0.05, 0) is 57.3 Å². The van der Waals surface area contributed by atoms with Gasteiger partial charge in [0.2, 0.25) is 0 Å². The van der Waals surface area contributed by atoms with E-state index in [0.29, 0.717) is 11.6 Å². The molecule has 6 heteroatoms. The Morgan fingerprint density at radius 1 is 1.11 bits per heavy atom. The van der Waals surface area contributed by atoms with Crippen LogP contribution in [0.5, 0.6) is 5.75 Å². The first-order valence-electron chi connectivity index (χ1n) is 10.9. The molecule has 0 radical (unpaired) electrons. The lowest BCUT2D eigenvalue weighted by molar-refractivity contribution is 0.141. The van der Waals surface area contributed by atoms with Crippen LogP contribution < -0.4 is 15.4 Å². The average molecular weight is 386 g/mol. The van der Waals surface area contributed by atoms with Gasteiger partial charge in [-0.2, -0.15) is 5.10 Å². The molecule has 0 bridgehead atoms. The zero-order chi connectivity index (χ0) is 19.5. The number of ether oxygens (including phenoxy) is 1. The number of piperidine rings is 2. The number of likely N-dealkylation sites (N-methyl/N-ethyl adjacent to an activating group) is 1. The van der Waals surface area contributed by atoms with Crippen molar-refractivity contribution in [1.29, 1.82) is 0 Å². The molecule has 3 aliphatic heterocycles. The van der Waals surface area contributed by atoms with E-state index in [1.165, 1.54) is 56.4 Å². The number of hydrogen-bond acceptors (Lipinski definition) is 6. The molecule has 0 spiro atoms. The van der Waals surface area contributed by atoms with E-state index in [-0.39, 0.29) is 0 Å². The summed E-state index contributed by atoms with van der Waals surface area (Å²) in [6, 6.07) is 5.01. The maximum atomic E-state index is 6.28. The van der Waals surface area contributed by atoms with Crippen LogP contribution in [0.3, 0.4) is 0 Å². The van der Waals surface area contributed by atoms with Gasteiger partial charge in [0.05, 0.1) is 12.8 Å². The van der Waals surface area contributed by atoms with E-state index >= 15 is 0 Å². The highest BCUT2D eigenvalue weighted by molar-refractivity contribution is 5.78. The third-order valence-electron chi connectivity index (χ3n) is 6.67. The molecule has 1 aromatic carbocycles. The van der Waals surface area contributed by atoms with Crippen molar-refractivity contribution in [2.45, 2.75) is 51.0 Å². The number of anilines is 2. The minimum atomic E-state index is 0.294. The summed E-state index contributed by atoms with van der Waals surface area (Å²) in [6.07, 6.45) is 8.71. The molecule has 0 amide bonds. The molecular weight excluding hydrogens is 350 g/mol. The van der Waals surface area contributed by atoms with Gasteiger partial charge in [-0.1, -0.05) is 6.42 Å². The second-order valence-electron chi connectivity index (χ2n) is 8.34. The second kappa shape index (κ2) is 8.60. The van der Waals surface area contributed by atoms with E-state index in [4.69, 9.17) is 10.5 Å². The van der Waals surface area contributed by atoms with Crippen LogP contribution in [0.1, 0.15) is 50.5 Å². The van der Waals surface area contributed by atoms with Crippen LogP contribution in [0.15, 0.2) is 17.2 Å². The van der Waals surface area contributed by atoms with Crippen LogP contribution in [0.2, 0.25) is 0 Å². The number of likely N-dealkylation sites (tertiary alicyclic amines) is 1. The Kier molecular flexibility index (Phi) is 5.95. The lowest BCUT2D eigenvalue weighted by Gasteiger charge is -2.41. The number of nitrogen functional groups attached to an aromatic ring is 1. The van der Waals surface area contributed by atoms with E-state index in [9.17, 15) is 0 Å². The average Bonchev–Trinajstić information content (AvgIpc) is 3.23. The largest absolute Gasteiger partial charge is 0.495 e. The van der Waals surface area contributed by atoms with Gasteiger partial charge in [-0.3, -0.25) is 5.01 Å². The van der Waals surface area contributed by atoms with Gasteiger partial charge >= 0.3 is 0 Å². The number of benzene rings is 1. The van der Waals surface area contributed by atoms with Gasteiger partial charge in [0.25, 0.3) is 0 Å². The molecule has 2 fully saturated rings. The quantitative estimate of drug-likeness (QED) is 0.789. The number of nitrogens with two attached hydrogens (primary N) is 1. The van der Waals surface area contributed by atoms with Gasteiger partial charge in [-0.15, -0.1) is 0 Å². The monoisotopic (exact) mass is 385 g/mol. The first kappa shape index (κ1) is 19.4. The maximum absolute atomic E-state index is 6.28. The maximum Gasteiger partial charge on any atom is 0.143 e. The minimum Gasteiger partial charge on any atom is -0.495 e. The fraction of sp³-hybridized carbons (Fsp3) is 0.682. The number of hydrogen-bond donors (Lipinski definition) is 1. The van der Waals surface area contributed by atoms with Crippen molar-refractivity contribution >= 4 is 17.6 Å².